The number of carbonyl (C=O) groups excluding carboxylic acids is 1. The van der Waals surface area contributed by atoms with Crippen LogP contribution in [0.2, 0.25) is 0 Å². The average molecular weight is 481 g/mol. The minimum atomic E-state index is -0.296. The van der Waals surface area contributed by atoms with Gasteiger partial charge in [-0.3, -0.25) is 9.69 Å². The Balaban J connectivity index is 1.51. The van der Waals surface area contributed by atoms with E-state index in [-0.39, 0.29) is 11.1 Å². The highest BCUT2D eigenvalue weighted by molar-refractivity contribution is 5.53. The van der Waals surface area contributed by atoms with Crippen LogP contribution in [0.15, 0.2) is 30.5 Å². The highest BCUT2D eigenvalue weighted by Crippen LogP contribution is 2.45. The Bertz CT molecular complexity index is 1010. The van der Waals surface area contributed by atoms with Gasteiger partial charge in [-0.2, -0.15) is 0 Å². The Labute approximate surface area is 209 Å². The first-order valence-electron chi connectivity index (χ1n) is 12.6. The third kappa shape index (κ3) is 5.28. The number of nitrogens with zero attached hydrogens (tertiary/aromatic N) is 5. The minimum absolute atomic E-state index is 0.0303. The highest BCUT2D eigenvalue weighted by Gasteiger charge is 2.45. The zero-order chi connectivity index (χ0) is 25.1. The average Bonchev–Trinajstić information content (AvgIpc) is 2.85. The number of hydrogen-bond donors (Lipinski definition) is 1. The molecule has 2 heterocycles. The molecule has 0 atom stereocenters. The number of morpholine rings is 1. The molecule has 190 valence electrons. The van der Waals surface area contributed by atoms with Crippen LogP contribution in [-0.4, -0.2) is 80.8 Å². The standard InChI is InChI=1S/C27H40N6O2/c1-21-7-6-8-23(17-21)27(31(3)4)11-9-26(10-12-27,29-20-34)19-32(5)24-18-28-25(30-22(24)2)33-13-15-35-16-14-33/h6-8,17-18,20H,9-16,19H2,1-5H3,(H,29,34)/t26-,27+. The lowest BCUT2D eigenvalue weighted by atomic mass is 9.68. The van der Waals surface area contributed by atoms with Gasteiger partial charge in [0.1, 0.15) is 0 Å². The Kier molecular flexibility index (Phi) is 7.62. The molecular weight excluding hydrogens is 440 g/mol. The fourth-order valence-electron chi connectivity index (χ4n) is 5.82. The number of likely N-dealkylation sites (N-methyl/N-ethyl adjacent to an activating group) is 1. The lowest BCUT2D eigenvalue weighted by molar-refractivity contribution is -0.112. The van der Waals surface area contributed by atoms with Crippen LogP contribution in [0.5, 0.6) is 0 Å². The van der Waals surface area contributed by atoms with Crippen LogP contribution in [0.1, 0.15) is 42.5 Å². The van der Waals surface area contributed by atoms with Crippen molar-refractivity contribution in [2.24, 2.45) is 0 Å². The first-order chi connectivity index (χ1) is 16.8. The van der Waals surface area contributed by atoms with E-state index < -0.39 is 0 Å². The van der Waals surface area contributed by atoms with Crippen LogP contribution in [0.25, 0.3) is 0 Å². The monoisotopic (exact) mass is 480 g/mol. The van der Waals surface area contributed by atoms with E-state index in [9.17, 15) is 4.79 Å². The quantitative estimate of drug-likeness (QED) is 0.583. The van der Waals surface area contributed by atoms with E-state index in [1.54, 1.807) is 0 Å². The number of hydrogen-bond acceptors (Lipinski definition) is 7. The molecule has 1 N–H and O–H groups in total. The number of aromatic nitrogens is 2. The maximum atomic E-state index is 11.7. The summed E-state index contributed by atoms with van der Waals surface area (Å²) in [6.07, 6.45) is 6.53. The lowest BCUT2D eigenvalue weighted by Crippen LogP contribution is -2.58. The number of amides is 1. The molecule has 1 aromatic carbocycles. The van der Waals surface area contributed by atoms with Crippen molar-refractivity contribution in [3.63, 3.8) is 0 Å². The summed E-state index contributed by atoms with van der Waals surface area (Å²) in [4.78, 5) is 27.9. The van der Waals surface area contributed by atoms with Crippen molar-refractivity contribution in [3.8, 4) is 0 Å². The summed E-state index contributed by atoms with van der Waals surface area (Å²) in [5, 5.41) is 3.22. The first-order valence-corrected chi connectivity index (χ1v) is 12.6. The predicted molar refractivity (Wildman–Crippen MR) is 140 cm³/mol. The Morgan fingerprint density at radius 2 is 1.83 bits per heavy atom. The van der Waals surface area contributed by atoms with Gasteiger partial charge in [-0.1, -0.05) is 29.8 Å². The lowest BCUT2D eigenvalue weighted by Gasteiger charge is -2.51. The van der Waals surface area contributed by atoms with Gasteiger partial charge >= 0.3 is 0 Å². The fraction of sp³-hybridized carbons (Fsp3) is 0.593. The summed E-state index contributed by atoms with van der Waals surface area (Å²) in [5.74, 6) is 0.760. The Morgan fingerprint density at radius 1 is 1.11 bits per heavy atom. The zero-order valence-corrected chi connectivity index (χ0v) is 21.9. The SMILES string of the molecule is Cc1cccc([C@]2(N(C)C)CC[C@@](CN(C)c3cnc(N4CCOCC4)nc3C)(NC=O)CC2)c1. The van der Waals surface area contributed by atoms with Crippen molar-refractivity contribution in [2.75, 3.05) is 63.8 Å². The van der Waals surface area contributed by atoms with Crippen molar-refractivity contribution in [1.82, 2.24) is 20.2 Å². The number of carbonyl (C=O) groups is 1. The van der Waals surface area contributed by atoms with Gasteiger partial charge in [0.15, 0.2) is 0 Å². The van der Waals surface area contributed by atoms with Gasteiger partial charge in [0.25, 0.3) is 0 Å². The molecule has 0 unspecified atom stereocenters. The van der Waals surface area contributed by atoms with Crippen LogP contribution in [0.3, 0.4) is 0 Å². The molecule has 1 aliphatic heterocycles. The molecule has 0 radical (unpaired) electrons. The Morgan fingerprint density at radius 3 is 2.43 bits per heavy atom. The second kappa shape index (κ2) is 10.5. The largest absolute Gasteiger partial charge is 0.378 e. The molecule has 2 aliphatic rings. The maximum absolute atomic E-state index is 11.7. The molecule has 1 saturated carbocycles. The molecule has 1 amide bonds. The molecule has 1 saturated heterocycles. The summed E-state index contributed by atoms with van der Waals surface area (Å²) < 4.78 is 5.45. The summed E-state index contributed by atoms with van der Waals surface area (Å²) >= 11 is 0. The van der Waals surface area contributed by atoms with Crippen LogP contribution >= 0.6 is 0 Å². The van der Waals surface area contributed by atoms with Crippen molar-refractivity contribution in [3.05, 3.63) is 47.3 Å². The maximum Gasteiger partial charge on any atom is 0.225 e. The Hall–Kier alpha value is -2.71. The van der Waals surface area contributed by atoms with E-state index in [4.69, 9.17) is 9.72 Å². The van der Waals surface area contributed by atoms with Gasteiger partial charge < -0.3 is 19.9 Å². The van der Waals surface area contributed by atoms with Gasteiger partial charge in [-0.05, 0) is 59.2 Å². The molecule has 8 heteroatoms. The van der Waals surface area contributed by atoms with E-state index >= 15 is 0 Å². The normalized spacial score (nSPS) is 24.9. The number of nitrogens with one attached hydrogen (secondary N) is 1. The second-order valence-electron chi connectivity index (χ2n) is 10.4. The third-order valence-corrected chi connectivity index (χ3v) is 8.00. The van der Waals surface area contributed by atoms with Crippen molar-refractivity contribution in [1.29, 1.82) is 0 Å². The predicted octanol–water partition coefficient (Wildman–Crippen LogP) is 2.88. The molecule has 1 aliphatic carbocycles. The molecule has 8 nitrogen and oxygen atoms in total. The van der Waals surface area contributed by atoms with Crippen molar-refractivity contribution >= 4 is 18.0 Å². The molecular formula is C27H40N6O2. The van der Waals surface area contributed by atoms with Gasteiger partial charge in [-0.25, -0.2) is 9.97 Å². The van der Waals surface area contributed by atoms with Crippen LogP contribution < -0.4 is 15.1 Å². The summed E-state index contributed by atoms with van der Waals surface area (Å²) in [5.41, 5.74) is 4.26. The zero-order valence-electron chi connectivity index (χ0n) is 21.9. The molecule has 1 aromatic heterocycles. The number of aryl methyl sites for hydroxylation is 2. The summed E-state index contributed by atoms with van der Waals surface area (Å²) in [6.45, 7) is 7.95. The van der Waals surface area contributed by atoms with E-state index in [0.717, 1.165) is 62.5 Å². The topological polar surface area (TPSA) is 73.8 Å². The van der Waals surface area contributed by atoms with Crippen molar-refractivity contribution < 1.29 is 9.53 Å². The van der Waals surface area contributed by atoms with Crippen molar-refractivity contribution in [2.45, 2.75) is 50.6 Å². The summed E-state index contributed by atoms with van der Waals surface area (Å²) in [7, 11) is 6.42. The van der Waals surface area contributed by atoms with Crippen LogP contribution in [0.4, 0.5) is 11.6 Å². The number of anilines is 2. The third-order valence-electron chi connectivity index (χ3n) is 8.00. The highest BCUT2D eigenvalue weighted by atomic mass is 16.5. The number of ether oxygens (including phenoxy) is 1. The minimum Gasteiger partial charge on any atom is -0.378 e. The molecule has 2 fully saturated rings. The molecule has 0 spiro atoms. The number of rotatable bonds is 8. The van der Waals surface area contributed by atoms with Crippen LogP contribution in [0, 0.1) is 13.8 Å². The van der Waals surface area contributed by atoms with Gasteiger partial charge in [0.2, 0.25) is 12.4 Å². The smallest absolute Gasteiger partial charge is 0.225 e. The van der Waals surface area contributed by atoms with Gasteiger partial charge in [-0.15, -0.1) is 0 Å². The molecule has 0 bridgehead atoms. The van der Waals surface area contributed by atoms with Gasteiger partial charge in [0.05, 0.1) is 36.3 Å². The van der Waals surface area contributed by atoms with E-state index in [0.29, 0.717) is 19.8 Å². The van der Waals surface area contributed by atoms with E-state index in [2.05, 4.69) is 77.3 Å². The summed E-state index contributed by atoms with van der Waals surface area (Å²) in [6, 6.07) is 8.86. The second-order valence-corrected chi connectivity index (χ2v) is 10.4. The number of benzene rings is 1. The molecule has 2 aromatic rings. The molecule has 4 rings (SSSR count). The van der Waals surface area contributed by atoms with Gasteiger partial charge in [0, 0.05) is 32.2 Å². The van der Waals surface area contributed by atoms with E-state index in [1.165, 1.54) is 11.1 Å². The first kappa shape index (κ1) is 25.4. The fourth-order valence-corrected chi connectivity index (χ4v) is 5.82. The molecule has 35 heavy (non-hydrogen) atoms. The van der Waals surface area contributed by atoms with Crippen LogP contribution in [-0.2, 0) is 15.1 Å². The van der Waals surface area contributed by atoms with E-state index in [1.807, 2.05) is 13.1 Å².